The molecule has 0 aromatic heterocycles. The van der Waals surface area contributed by atoms with Gasteiger partial charge in [0.15, 0.2) is 0 Å². The molecule has 0 fully saturated rings. The molecule has 4 heterocycles. The summed E-state index contributed by atoms with van der Waals surface area (Å²) >= 11 is 0. The lowest BCUT2D eigenvalue weighted by Gasteiger charge is -2.31. The van der Waals surface area contributed by atoms with Crippen LogP contribution in [0.4, 0.5) is 0 Å². The molecule has 4 aliphatic rings. The number of hydrogen-bond donors (Lipinski definition) is 3. The van der Waals surface area contributed by atoms with Crippen molar-refractivity contribution in [1.29, 1.82) is 0 Å². The maximum atomic E-state index is 13.3. The zero-order valence-electron chi connectivity index (χ0n) is 29.1. The first-order valence-electron chi connectivity index (χ1n) is 17.1. The van der Waals surface area contributed by atoms with Crippen LogP contribution >= 0.6 is 0 Å². The van der Waals surface area contributed by atoms with Gasteiger partial charge in [-0.05, 0) is 35.4 Å². The molecule has 0 radical (unpaired) electrons. The largest absolute Gasteiger partial charge is 0.491 e. The third-order valence-corrected chi connectivity index (χ3v) is 7.95. The van der Waals surface area contributed by atoms with E-state index in [1.54, 1.807) is 48.5 Å². The van der Waals surface area contributed by atoms with Crippen LogP contribution in [0.5, 0.6) is 11.5 Å². The van der Waals surface area contributed by atoms with Crippen molar-refractivity contribution in [3.8, 4) is 11.5 Å². The summed E-state index contributed by atoms with van der Waals surface area (Å²) in [5, 5.41) is 27.6. The summed E-state index contributed by atoms with van der Waals surface area (Å²) in [7, 11) is 0. The molecule has 52 heavy (non-hydrogen) atoms. The second kappa shape index (κ2) is 22.6. The number of benzene rings is 2. The Morgan fingerprint density at radius 1 is 0.442 bits per heavy atom. The third-order valence-electron chi connectivity index (χ3n) is 7.95. The van der Waals surface area contributed by atoms with Gasteiger partial charge in [0.2, 0.25) is 17.7 Å². The monoisotopic (exact) mass is 729 g/mol. The number of hydrogen-bond acceptors (Lipinski definition) is 10. The van der Waals surface area contributed by atoms with Crippen LogP contribution in [0.15, 0.2) is 48.5 Å². The van der Waals surface area contributed by atoms with Gasteiger partial charge >= 0.3 is 17.9 Å². The van der Waals surface area contributed by atoms with Crippen LogP contribution in [0.1, 0.15) is 49.7 Å². The Balaban J connectivity index is 1.87. The van der Waals surface area contributed by atoms with E-state index in [1.165, 1.54) is 14.7 Å². The molecule has 0 saturated carbocycles. The number of carboxylic acids is 3. The lowest BCUT2D eigenvalue weighted by molar-refractivity contribution is -0.143. The van der Waals surface area contributed by atoms with E-state index in [9.17, 15) is 44.1 Å². The van der Waals surface area contributed by atoms with Gasteiger partial charge in [0.05, 0.1) is 45.7 Å². The Hall–Kier alpha value is -5.22. The topological polar surface area (TPSA) is 210 Å². The predicted octanol–water partition coefficient (Wildman–Crippen LogP) is 2.27. The van der Waals surface area contributed by atoms with Crippen LogP contribution in [-0.4, -0.2) is 131 Å². The second-order valence-electron chi connectivity index (χ2n) is 11.9. The number of rotatable bonds is 9. The van der Waals surface area contributed by atoms with E-state index in [0.717, 1.165) is 11.1 Å². The minimum Gasteiger partial charge on any atom is -0.491 e. The van der Waals surface area contributed by atoms with Crippen LogP contribution in [0.25, 0.3) is 0 Å². The molecule has 6 rings (SSSR count). The molecule has 0 unspecified atom stereocenters. The van der Waals surface area contributed by atoms with Gasteiger partial charge in [-0.1, -0.05) is 24.3 Å². The Labute approximate surface area is 301 Å². The number of amides is 3. The number of carbonyl (C=O) groups excluding carboxylic acids is 3. The molecule has 0 saturated heterocycles. The molecule has 0 atom stereocenters. The van der Waals surface area contributed by atoms with Crippen molar-refractivity contribution in [1.82, 2.24) is 14.7 Å². The molecule has 3 amide bonds. The second-order valence-corrected chi connectivity index (χ2v) is 11.9. The molecule has 16 heteroatoms. The SMILES string of the molecule is O=C(O)CCC(=O)N1CCN(C(=O)CCC(=O)O)Cc2ccc(cc2)OCCOCCOCCOc2ccc(cc2)CN(C(=O)CCC(=O)O)CC1. The van der Waals surface area contributed by atoms with E-state index in [4.69, 9.17) is 18.9 Å². The van der Waals surface area contributed by atoms with Crippen molar-refractivity contribution in [3.63, 3.8) is 0 Å². The first-order chi connectivity index (χ1) is 25.0. The molecular weight excluding hydrogens is 682 g/mol. The minimum absolute atomic E-state index is 0.00894. The Morgan fingerprint density at radius 2 is 0.750 bits per heavy atom. The summed E-state index contributed by atoms with van der Waals surface area (Å²) in [4.78, 5) is 77.8. The number of nitrogens with zero attached hydrogens (tertiary/aromatic N) is 3. The summed E-state index contributed by atoms with van der Waals surface area (Å²) in [5.74, 6) is -3.72. The Kier molecular flexibility index (Phi) is 17.9. The van der Waals surface area contributed by atoms with Gasteiger partial charge in [-0.2, -0.15) is 0 Å². The van der Waals surface area contributed by atoms with Gasteiger partial charge in [0.1, 0.15) is 24.7 Å². The smallest absolute Gasteiger partial charge is 0.303 e. The quantitative estimate of drug-likeness (QED) is 0.339. The molecule has 2 aromatic carbocycles. The van der Waals surface area contributed by atoms with Gasteiger partial charge in [-0.3, -0.25) is 28.8 Å². The fourth-order valence-corrected chi connectivity index (χ4v) is 5.13. The van der Waals surface area contributed by atoms with E-state index in [2.05, 4.69) is 0 Å². The fourth-order valence-electron chi connectivity index (χ4n) is 5.13. The van der Waals surface area contributed by atoms with Crippen molar-refractivity contribution in [2.45, 2.75) is 51.6 Å². The molecule has 16 nitrogen and oxygen atoms in total. The van der Waals surface area contributed by atoms with Gasteiger partial charge in [0.25, 0.3) is 0 Å². The normalized spacial score (nSPS) is 15.6. The molecule has 284 valence electrons. The van der Waals surface area contributed by atoms with Crippen LogP contribution in [0.2, 0.25) is 0 Å². The highest BCUT2D eigenvalue weighted by Crippen LogP contribution is 2.17. The summed E-state index contributed by atoms with van der Waals surface area (Å²) in [6.45, 7) is 2.11. The van der Waals surface area contributed by atoms with Crippen LogP contribution in [-0.2, 0) is 51.3 Å². The van der Waals surface area contributed by atoms with Crippen molar-refractivity contribution in [2.75, 3.05) is 65.8 Å². The number of carbonyl (C=O) groups is 6. The van der Waals surface area contributed by atoms with Crippen LogP contribution < -0.4 is 9.47 Å². The van der Waals surface area contributed by atoms with Gasteiger partial charge in [-0.25, -0.2) is 0 Å². The lowest BCUT2D eigenvalue weighted by atomic mass is 10.1. The van der Waals surface area contributed by atoms with Crippen LogP contribution in [0, 0.1) is 0 Å². The van der Waals surface area contributed by atoms with Gasteiger partial charge < -0.3 is 49.0 Å². The fraction of sp³-hybridized carbons (Fsp3) is 0.500. The highest BCUT2D eigenvalue weighted by atomic mass is 16.6. The van der Waals surface area contributed by atoms with E-state index in [1.807, 2.05) is 0 Å². The van der Waals surface area contributed by atoms with E-state index in [-0.39, 0.29) is 58.5 Å². The summed E-state index contributed by atoms with van der Waals surface area (Å²) in [6, 6.07) is 14.0. The number of carboxylic acid groups (broad SMARTS) is 3. The molecule has 4 bridgehead atoms. The highest BCUT2D eigenvalue weighted by Gasteiger charge is 2.23. The molecule has 0 aliphatic carbocycles. The zero-order chi connectivity index (χ0) is 37.7. The first-order valence-corrected chi connectivity index (χ1v) is 17.1. The highest BCUT2D eigenvalue weighted by molar-refractivity contribution is 5.82. The summed E-state index contributed by atoms with van der Waals surface area (Å²) < 4.78 is 22.6. The Bertz CT molecular complexity index is 1370. The lowest BCUT2D eigenvalue weighted by Crippen LogP contribution is -2.45. The molecule has 2 aromatic rings. The zero-order valence-corrected chi connectivity index (χ0v) is 29.1. The van der Waals surface area contributed by atoms with Gasteiger partial charge in [0, 0.05) is 58.5 Å². The van der Waals surface area contributed by atoms with Crippen molar-refractivity contribution in [2.24, 2.45) is 0 Å². The molecule has 3 N–H and O–H groups in total. The average molecular weight is 730 g/mol. The van der Waals surface area contributed by atoms with Gasteiger partial charge in [-0.15, -0.1) is 0 Å². The predicted molar refractivity (Wildman–Crippen MR) is 184 cm³/mol. The number of aliphatic carboxylic acids is 3. The van der Waals surface area contributed by atoms with Crippen LogP contribution in [0.3, 0.4) is 0 Å². The minimum atomic E-state index is -1.17. The Morgan fingerprint density at radius 3 is 1.10 bits per heavy atom. The third kappa shape index (κ3) is 16.2. The maximum absolute atomic E-state index is 13.3. The van der Waals surface area contributed by atoms with Crippen molar-refractivity contribution >= 4 is 35.6 Å². The molecule has 0 spiro atoms. The standard InChI is InChI=1S/C36H47N3O13/c40-31(9-12-34(43)44)37-15-17-38(32(41)10-13-35(45)46)25-27-1-5-29(6-2-27)51-23-21-49-19-20-50-22-24-52-30-7-3-28(4-8-30)26-39(18-16-37)33(42)11-14-36(47)48/h1-8H,9-26H2,(H,43,44)(H,45,46)(H,47,48). The van der Waals surface area contributed by atoms with Crippen molar-refractivity contribution in [3.05, 3.63) is 59.7 Å². The molecule has 4 aliphatic heterocycles. The number of ether oxygens (including phenoxy) is 4. The van der Waals surface area contributed by atoms with E-state index in [0.29, 0.717) is 51.1 Å². The molecular formula is C36H47N3O13. The van der Waals surface area contributed by atoms with Crippen molar-refractivity contribution < 1.29 is 63.0 Å². The summed E-state index contributed by atoms with van der Waals surface area (Å²) in [6.07, 6.45) is -2.09. The van der Waals surface area contributed by atoms with E-state index < -0.39 is 54.9 Å². The first kappa shape index (κ1) is 41.2. The summed E-state index contributed by atoms with van der Waals surface area (Å²) in [5.41, 5.74) is 1.44. The maximum Gasteiger partial charge on any atom is 0.303 e. The van der Waals surface area contributed by atoms with E-state index >= 15 is 0 Å². The average Bonchev–Trinajstić information content (AvgIpc) is 3.12.